The molecule has 188 valence electrons. The van der Waals surface area contributed by atoms with Gasteiger partial charge in [-0.2, -0.15) is 0 Å². The third kappa shape index (κ3) is 4.62. The Labute approximate surface area is 207 Å². The van der Waals surface area contributed by atoms with Gasteiger partial charge in [-0.05, 0) is 51.1 Å². The van der Waals surface area contributed by atoms with Crippen LogP contribution in [0.15, 0.2) is 30.3 Å². The average molecular weight is 481 g/mol. The molecular formula is C26H36N6O3. The zero-order valence-electron chi connectivity index (χ0n) is 21.2. The van der Waals surface area contributed by atoms with E-state index >= 15 is 0 Å². The molecule has 9 nitrogen and oxygen atoms in total. The number of amides is 1. The van der Waals surface area contributed by atoms with Gasteiger partial charge in [-0.25, -0.2) is 4.98 Å². The number of nitrogens with one attached hydrogen (secondary N) is 1. The van der Waals surface area contributed by atoms with Gasteiger partial charge in [-0.1, -0.05) is 0 Å². The summed E-state index contributed by atoms with van der Waals surface area (Å²) in [6, 6.07) is 10.2. The van der Waals surface area contributed by atoms with Crippen molar-refractivity contribution in [1.82, 2.24) is 9.88 Å². The molecule has 2 fully saturated rings. The summed E-state index contributed by atoms with van der Waals surface area (Å²) in [7, 11) is 5.69. The number of methoxy groups -OCH3 is 1. The van der Waals surface area contributed by atoms with Gasteiger partial charge in [0.25, 0.3) is 0 Å². The fourth-order valence-electron chi connectivity index (χ4n) is 5.30. The molecule has 0 aliphatic carbocycles. The van der Waals surface area contributed by atoms with Gasteiger partial charge >= 0.3 is 0 Å². The predicted octanol–water partition coefficient (Wildman–Crippen LogP) is 2.94. The summed E-state index contributed by atoms with van der Waals surface area (Å²) in [5.74, 6) is 2.43. The number of likely N-dealkylation sites (N-methyl/N-ethyl adjacent to an activating group) is 2. The first-order valence-electron chi connectivity index (χ1n) is 12.5. The number of hydrogen-bond acceptors (Lipinski definition) is 8. The molecule has 3 aliphatic rings. The zero-order chi connectivity index (χ0) is 24.5. The van der Waals surface area contributed by atoms with E-state index in [1.165, 1.54) is 5.69 Å². The van der Waals surface area contributed by atoms with Crippen molar-refractivity contribution < 1.29 is 14.3 Å². The van der Waals surface area contributed by atoms with Crippen LogP contribution in [-0.4, -0.2) is 88.5 Å². The van der Waals surface area contributed by atoms with E-state index in [0.29, 0.717) is 13.2 Å². The first kappa shape index (κ1) is 23.7. The van der Waals surface area contributed by atoms with Crippen molar-refractivity contribution in [3.8, 4) is 5.75 Å². The molecule has 2 saturated heterocycles. The number of aromatic nitrogens is 1. The molecule has 0 radical (unpaired) electrons. The van der Waals surface area contributed by atoms with Crippen molar-refractivity contribution in [3.63, 3.8) is 0 Å². The summed E-state index contributed by atoms with van der Waals surface area (Å²) in [4.78, 5) is 26.6. The lowest BCUT2D eigenvalue weighted by Gasteiger charge is -2.44. The number of nitrogens with zero attached hydrogens (tertiary/aromatic N) is 5. The summed E-state index contributed by atoms with van der Waals surface area (Å²) in [5, 5.41) is 3.46. The predicted molar refractivity (Wildman–Crippen MR) is 139 cm³/mol. The van der Waals surface area contributed by atoms with E-state index in [9.17, 15) is 4.79 Å². The van der Waals surface area contributed by atoms with E-state index in [1.807, 2.05) is 26.1 Å². The molecule has 4 heterocycles. The van der Waals surface area contributed by atoms with E-state index in [4.69, 9.17) is 14.5 Å². The molecule has 1 aromatic carbocycles. The Morgan fingerprint density at radius 3 is 2.51 bits per heavy atom. The molecule has 1 atom stereocenters. The zero-order valence-corrected chi connectivity index (χ0v) is 21.2. The molecule has 35 heavy (non-hydrogen) atoms. The summed E-state index contributed by atoms with van der Waals surface area (Å²) in [6.45, 7) is 7.51. The molecule has 5 rings (SSSR count). The lowest BCUT2D eigenvalue weighted by molar-refractivity contribution is -0.119. The highest BCUT2D eigenvalue weighted by Gasteiger charge is 2.39. The highest BCUT2D eigenvalue weighted by molar-refractivity contribution is 6.04. The fourth-order valence-corrected chi connectivity index (χ4v) is 5.30. The Balaban J connectivity index is 1.42. The van der Waals surface area contributed by atoms with Gasteiger partial charge in [0.15, 0.2) is 5.82 Å². The van der Waals surface area contributed by atoms with Gasteiger partial charge in [-0.15, -0.1) is 0 Å². The van der Waals surface area contributed by atoms with Gasteiger partial charge in [-0.3, -0.25) is 4.79 Å². The maximum absolute atomic E-state index is 13.0. The molecule has 2 aromatic rings. The van der Waals surface area contributed by atoms with E-state index in [-0.39, 0.29) is 18.0 Å². The van der Waals surface area contributed by atoms with E-state index < -0.39 is 0 Å². The standard InChI is InChI=1S/C26H36N6O3/c1-18-26(33)30(3)22-7-8-24(28-25(22)32(18)19-9-15-35-16-10-19)27-21-6-5-20(17-23(21)34-4)31-13-11-29(2)12-14-31/h5-8,17-19H,9-16H2,1-4H3,(H,27,28). The van der Waals surface area contributed by atoms with E-state index in [1.54, 1.807) is 12.0 Å². The number of piperazine rings is 1. The number of fused-ring (bicyclic) bond motifs is 1. The van der Waals surface area contributed by atoms with Gasteiger partial charge in [0.1, 0.15) is 17.6 Å². The number of ether oxygens (including phenoxy) is 2. The van der Waals surface area contributed by atoms with E-state index in [0.717, 1.165) is 67.8 Å². The van der Waals surface area contributed by atoms with Crippen molar-refractivity contribution in [2.45, 2.75) is 31.8 Å². The second-order valence-electron chi connectivity index (χ2n) is 9.66. The monoisotopic (exact) mass is 480 g/mol. The smallest absolute Gasteiger partial charge is 0.249 e. The van der Waals surface area contributed by atoms with E-state index in [2.05, 4.69) is 45.3 Å². The molecule has 1 aromatic heterocycles. The molecule has 1 unspecified atom stereocenters. The number of pyridine rings is 1. The average Bonchev–Trinajstić information content (AvgIpc) is 2.89. The Kier molecular flexibility index (Phi) is 6.71. The maximum Gasteiger partial charge on any atom is 0.249 e. The van der Waals surface area contributed by atoms with Crippen LogP contribution in [0.1, 0.15) is 19.8 Å². The van der Waals surface area contributed by atoms with Gasteiger partial charge < -0.3 is 34.4 Å². The van der Waals surface area contributed by atoms with Crippen LogP contribution < -0.4 is 24.8 Å². The van der Waals surface area contributed by atoms with Crippen molar-refractivity contribution in [3.05, 3.63) is 30.3 Å². The molecule has 1 amide bonds. The molecule has 1 N–H and O–H groups in total. The van der Waals surface area contributed by atoms with Gasteiger partial charge in [0.05, 0.1) is 18.5 Å². The second-order valence-corrected chi connectivity index (χ2v) is 9.66. The third-order valence-corrected chi connectivity index (χ3v) is 7.47. The quantitative estimate of drug-likeness (QED) is 0.701. The van der Waals surface area contributed by atoms with Crippen LogP contribution in [-0.2, 0) is 9.53 Å². The Morgan fingerprint density at radius 2 is 1.80 bits per heavy atom. The normalized spacial score (nSPS) is 21.8. The Bertz CT molecular complexity index is 1070. The number of carbonyl (C=O) groups is 1. The molecular weight excluding hydrogens is 444 g/mol. The van der Waals surface area contributed by atoms with Crippen molar-refractivity contribution >= 4 is 34.6 Å². The van der Waals surface area contributed by atoms with Gasteiger partial charge in [0, 0.05) is 64.2 Å². The van der Waals surface area contributed by atoms with Crippen molar-refractivity contribution in [2.75, 3.05) is 80.6 Å². The number of benzene rings is 1. The minimum atomic E-state index is -0.268. The lowest BCUT2D eigenvalue weighted by Crippen LogP contribution is -2.56. The Morgan fingerprint density at radius 1 is 1.06 bits per heavy atom. The molecule has 0 saturated carbocycles. The number of anilines is 5. The van der Waals surface area contributed by atoms with Crippen LogP contribution in [0.4, 0.5) is 28.7 Å². The minimum Gasteiger partial charge on any atom is -0.494 e. The van der Waals surface area contributed by atoms with Crippen molar-refractivity contribution in [2.24, 2.45) is 0 Å². The number of hydrogen-bond donors (Lipinski definition) is 1. The topological polar surface area (TPSA) is 73.4 Å². The second kappa shape index (κ2) is 9.91. The number of carbonyl (C=O) groups excluding carboxylic acids is 1. The highest BCUT2D eigenvalue weighted by Crippen LogP contribution is 2.39. The SMILES string of the molecule is COc1cc(N2CCN(C)CC2)ccc1Nc1ccc2c(n1)N(C1CCOCC1)C(C)C(=O)N2C. The summed E-state index contributed by atoms with van der Waals surface area (Å²) in [5.41, 5.74) is 2.87. The van der Waals surface area contributed by atoms with Crippen LogP contribution in [0, 0.1) is 0 Å². The van der Waals surface area contributed by atoms with Crippen LogP contribution in [0.5, 0.6) is 5.75 Å². The summed E-state index contributed by atoms with van der Waals surface area (Å²) < 4.78 is 11.3. The minimum absolute atomic E-state index is 0.0904. The van der Waals surface area contributed by atoms with Crippen LogP contribution >= 0.6 is 0 Å². The first-order valence-corrected chi connectivity index (χ1v) is 12.5. The maximum atomic E-state index is 13.0. The largest absolute Gasteiger partial charge is 0.494 e. The third-order valence-electron chi connectivity index (χ3n) is 7.47. The fraction of sp³-hybridized carbons (Fsp3) is 0.538. The van der Waals surface area contributed by atoms with Gasteiger partial charge in [0.2, 0.25) is 5.91 Å². The molecule has 0 bridgehead atoms. The summed E-state index contributed by atoms with van der Waals surface area (Å²) >= 11 is 0. The van der Waals surface area contributed by atoms with Crippen LogP contribution in [0.3, 0.4) is 0 Å². The van der Waals surface area contributed by atoms with Crippen LogP contribution in [0.25, 0.3) is 0 Å². The molecule has 9 heteroatoms. The lowest BCUT2D eigenvalue weighted by atomic mass is 10.0. The summed E-state index contributed by atoms with van der Waals surface area (Å²) in [6.07, 6.45) is 1.78. The Hall–Kier alpha value is -3.04. The molecule has 3 aliphatic heterocycles. The molecule has 0 spiro atoms. The first-order chi connectivity index (χ1) is 17.0. The number of rotatable bonds is 5. The van der Waals surface area contributed by atoms with Crippen LogP contribution in [0.2, 0.25) is 0 Å². The van der Waals surface area contributed by atoms with Crippen molar-refractivity contribution in [1.29, 1.82) is 0 Å². The highest BCUT2D eigenvalue weighted by atomic mass is 16.5.